The number of rotatable bonds is 4. The fourth-order valence-corrected chi connectivity index (χ4v) is 0.759. The van der Waals surface area contributed by atoms with Gasteiger partial charge < -0.3 is 0 Å². The van der Waals surface area contributed by atoms with E-state index in [2.05, 4.69) is 16.5 Å². The average molecular weight is 162 g/mol. The molecule has 10 heavy (non-hydrogen) atoms. The van der Waals surface area contributed by atoms with Gasteiger partial charge in [-0.15, -0.1) is 5.73 Å². The van der Waals surface area contributed by atoms with Crippen LogP contribution in [0.3, 0.4) is 0 Å². The van der Waals surface area contributed by atoms with Crippen molar-refractivity contribution in [3.05, 3.63) is 18.4 Å². The molecule has 0 amide bonds. The second-order valence-electron chi connectivity index (χ2n) is 1.72. The Bertz CT molecular complexity index is 221. The highest BCUT2D eigenvalue weighted by molar-refractivity contribution is 7.85. The standard InChI is InChI=1S/C6H10O3S/c1-3-4-5-6-9-10(2,7)8/h4H,1,5-6H2,2H3. The zero-order chi connectivity index (χ0) is 8.04. The van der Waals surface area contributed by atoms with Gasteiger partial charge in [0.25, 0.3) is 10.1 Å². The third-order valence-corrected chi connectivity index (χ3v) is 1.30. The molecule has 58 valence electrons. The summed E-state index contributed by atoms with van der Waals surface area (Å²) in [4.78, 5) is 0. The van der Waals surface area contributed by atoms with Crippen LogP contribution in [0.25, 0.3) is 0 Å². The summed E-state index contributed by atoms with van der Waals surface area (Å²) in [5.41, 5.74) is 2.50. The first-order chi connectivity index (χ1) is 4.56. The van der Waals surface area contributed by atoms with Gasteiger partial charge >= 0.3 is 0 Å². The topological polar surface area (TPSA) is 43.4 Å². The Morgan fingerprint density at radius 2 is 2.30 bits per heavy atom. The van der Waals surface area contributed by atoms with Crippen LogP contribution in [0.4, 0.5) is 0 Å². The van der Waals surface area contributed by atoms with Gasteiger partial charge in [-0.2, -0.15) is 8.42 Å². The molecule has 0 atom stereocenters. The van der Waals surface area contributed by atoms with Crippen LogP contribution in [-0.4, -0.2) is 21.3 Å². The Kier molecular flexibility index (Phi) is 4.03. The molecule has 0 heterocycles. The van der Waals surface area contributed by atoms with Gasteiger partial charge in [-0.25, -0.2) is 0 Å². The lowest BCUT2D eigenvalue weighted by molar-refractivity contribution is 0.328. The van der Waals surface area contributed by atoms with E-state index in [0.717, 1.165) is 6.26 Å². The molecule has 0 spiro atoms. The summed E-state index contributed by atoms with van der Waals surface area (Å²) in [5, 5.41) is 0. The van der Waals surface area contributed by atoms with Crippen LogP contribution in [-0.2, 0) is 14.3 Å². The largest absolute Gasteiger partial charge is 0.270 e. The molecular formula is C6H10O3S. The molecule has 0 aromatic rings. The van der Waals surface area contributed by atoms with Crippen LogP contribution < -0.4 is 0 Å². The van der Waals surface area contributed by atoms with Gasteiger partial charge in [-0.1, -0.05) is 6.58 Å². The molecule has 3 nitrogen and oxygen atoms in total. The van der Waals surface area contributed by atoms with Gasteiger partial charge in [-0.3, -0.25) is 4.18 Å². The average Bonchev–Trinajstić information content (AvgIpc) is 1.78. The lowest BCUT2D eigenvalue weighted by Crippen LogP contribution is -2.02. The molecular weight excluding hydrogens is 152 g/mol. The molecule has 0 aromatic carbocycles. The lowest BCUT2D eigenvalue weighted by atomic mass is 10.4. The SMILES string of the molecule is C=C=CCCOS(C)(=O)=O. The van der Waals surface area contributed by atoms with Gasteiger partial charge in [0.15, 0.2) is 0 Å². The minimum atomic E-state index is -3.27. The zero-order valence-corrected chi connectivity index (χ0v) is 6.65. The van der Waals surface area contributed by atoms with Crippen molar-refractivity contribution in [1.29, 1.82) is 0 Å². The van der Waals surface area contributed by atoms with Gasteiger partial charge in [0.05, 0.1) is 12.9 Å². The van der Waals surface area contributed by atoms with Gasteiger partial charge in [0.1, 0.15) is 0 Å². The Balaban J connectivity index is 3.48. The minimum Gasteiger partial charge on any atom is -0.270 e. The van der Waals surface area contributed by atoms with E-state index in [4.69, 9.17) is 0 Å². The quantitative estimate of drug-likeness (QED) is 0.347. The van der Waals surface area contributed by atoms with Crippen LogP contribution in [0.5, 0.6) is 0 Å². The monoisotopic (exact) mass is 162 g/mol. The van der Waals surface area contributed by atoms with Crippen molar-refractivity contribution in [3.8, 4) is 0 Å². The van der Waals surface area contributed by atoms with Crippen LogP contribution >= 0.6 is 0 Å². The van der Waals surface area contributed by atoms with E-state index in [9.17, 15) is 8.42 Å². The molecule has 0 saturated carbocycles. The molecule has 4 heteroatoms. The summed E-state index contributed by atoms with van der Waals surface area (Å²) in [7, 11) is -3.27. The third-order valence-electron chi connectivity index (χ3n) is 0.704. The maximum atomic E-state index is 10.3. The fraction of sp³-hybridized carbons (Fsp3) is 0.500. The summed E-state index contributed by atoms with van der Waals surface area (Å²) < 4.78 is 25.0. The summed E-state index contributed by atoms with van der Waals surface area (Å²) >= 11 is 0. The summed E-state index contributed by atoms with van der Waals surface area (Å²) in [6.45, 7) is 3.48. The molecule has 0 bridgehead atoms. The van der Waals surface area contributed by atoms with E-state index in [1.807, 2.05) is 0 Å². The second kappa shape index (κ2) is 4.28. The fourth-order valence-electron chi connectivity index (χ4n) is 0.360. The lowest BCUT2D eigenvalue weighted by Gasteiger charge is -1.94. The van der Waals surface area contributed by atoms with Crippen LogP contribution in [0.1, 0.15) is 6.42 Å². The maximum Gasteiger partial charge on any atom is 0.264 e. The Morgan fingerprint density at radius 1 is 1.70 bits per heavy atom. The van der Waals surface area contributed by atoms with Crippen molar-refractivity contribution < 1.29 is 12.6 Å². The van der Waals surface area contributed by atoms with E-state index >= 15 is 0 Å². The second-order valence-corrected chi connectivity index (χ2v) is 3.37. The molecule has 0 aliphatic heterocycles. The first kappa shape index (κ1) is 9.43. The van der Waals surface area contributed by atoms with E-state index < -0.39 is 10.1 Å². The van der Waals surface area contributed by atoms with Crippen molar-refractivity contribution in [1.82, 2.24) is 0 Å². The van der Waals surface area contributed by atoms with E-state index in [1.165, 1.54) is 0 Å². The predicted molar refractivity (Wildman–Crippen MR) is 39.1 cm³/mol. The molecule has 0 aliphatic carbocycles. The smallest absolute Gasteiger partial charge is 0.264 e. The normalized spacial score (nSPS) is 10.5. The zero-order valence-electron chi connectivity index (χ0n) is 5.83. The Hall–Kier alpha value is -0.570. The molecule has 0 rings (SSSR count). The van der Waals surface area contributed by atoms with Gasteiger partial charge in [0, 0.05) is 0 Å². The van der Waals surface area contributed by atoms with Gasteiger partial charge in [-0.05, 0) is 12.5 Å². The maximum absolute atomic E-state index is 10.3. The van der Waals surface area contributed by atoms with Crippen molar-refractivity contribution in [3.63, 3.8) is 0 Å². The highest BCUT2D eigenvalue weighted by atomic mass is 32.2. The minimum absolute atomic E-state index is 0.168. The van der Waals surface area contributed by atoms with Crippen LogP contribution in [0.15, 0.2) is 18.4 Å². The molecule has 0 aromatic heterocycles. The molecule has 0 aliphatic rings. The van der Waals surface area contributed by atoms with Crippen molar-refractivity contribution in [2.24, 2.45) is 0 Å². The summed E-state index contributed by atoms with van der Waals surface area (Å²) in [6.07, 6.45) is 3.16. The van der Waals surface area contributed by atoms with Crippen LogP contribution in [0, 0.1) is 0 Å². The predicted octanol–water partition coefficient (Wildman–Crippen LogP) is 0.694. The van der Waals surface area contributed by atoms with Gasteiger partial charge in [0.2, 0.25) is 0 Å². The van der Waals surface area contributed by atoms with Crippen molar-refractivity contribution >= 4 is 10.1 Å². The van der Waals surface area contributed by atoms with E-state index in [1.54, 1.807) is 6.08 Å². The molecule has 0 radical (unpaired) electrons. The highest BCUT2D eigenvalue weighted by Gasteiger charge is 1.97. The Labute approximate surface area is 61.1 Å². The van der Waals surface area contributed by atoms with Crippen LogP contribution in [0.2, 0.25) is 0 Å². The number of hydrogen-bond donors (Lipinski definition) is 0. The van der Waals surface area contributed by atoms with E-state index in [0.29, 0.717) is 6.42 Å². The van der Waals surface area contributed by atoms with Crippen molar-refractivity contribution in [2.75, 3.05) is 12.9 Å². The number of hydrogen-bond acceptors (Lipinski definition) is 3. The molecule has 0 unspecified atom stereocenters. The first-order valence-corrected chi connectivity index (χ1v) is 4.56. The summed E-state index contributed by atoms with van der Waals surface area (Å²) in [5.74, 6) is 0. The third kappa shape index (κ3) is 7.43. The van der Waals surface area contributed by atoms with Crippen molar-refractivity contribution in [2.45, 2.75) is 6.42 Å². The van der Waals surface area contributed by atoms with E-state index in [-0.39, 0.29) is 6.61 Å². The molecule has 0 saturated heterocycles. The molecule has 0 N–H and O–H groups in total. The highest BCUT2D eigenvalue weighted by Crippen LogP contribution is 1.89. The summed E-state index contributed by atoms with van der Waals surface area (Å²) in [6, 6.07) is 0. The molecule has 0 fully saturated rings. The Morgan fingerprint density at radius 3 is 2.70 bits per heavy atom. The first-order valence-electron chi connectivity index (χ1n) is 2.75.